The van der Waals surface area contributed by atoms with Gasteiger partial charge in [-0.1, -0.05) is 6.07 Å². The molecule has 0 atom stereocenters. The van der Waals surface area contributed by atoms with Crippen molar-refractivity contribution in [2.45, 2.75) is 6.54 Å². The SMILES string of the molecule is COc1ncnc2ccc(N3CCN(Cc4cccc(=O)n4C)CC3)cc12. The maximum atomic E-state index is 11.8. The van der Waals surface area contributed by atoms with Gasteiger partial charge >= 0.3 is 0 Å². The summed E-state index contributed by atoms with van der Waals surface area (Å²) in [4.78, 5) is 25.0. The molecule has 1 saturated heterocycles. The number of aromatic nitrogens is 3. The van der Waals surface area contributed by atoms with Crippen molar-refractivity contribution in [3.8, 4) is 5.88 Å². The monoisotopic (exact) mass is 365 g/mol. The second kappa shape index (κ2) is 7.36. The van der Waals surface area contributed by atoms with E-state index in [1.54, 1.807) is 17.7 Å². The van der Waals surface area contributed by atoms with Gasteiger partial charge in [0.05, 0.1) is 18.0 Å². The van der Waals surface area contributed by atoms with Crippen LogP contribution in [0.2, 0.25) is 0 Å². The van der Waals surface area contributed by atoms with Crippen molar-refractivity contribution in [1.82, 2.24) is 19.4 Å². The zero-order chi connectivity index (χ0) is 18.8. The first-order valence-electron chi connectivity index (χ1n) is 9.06. The fraction of sp³-hybridized carbons (Fsp3) is 0.350. The first kappa shape index (κ1) is 17.5. The van der Waals surface area contributed by atoms with Gasteiger partial charge in [-0.05, 0) is 24.3 Å². The van der Waals surface area contributed by atoms with E-state index in [0.717, 1.165) is 55.0 Å². The number of fused-ring (bicyclic) bond motifs is 1. The van der Waals surface area contributed by atoms with Crippen LogP contribution in [-0.2, 0) is 13.6 Å². The maximum Gasteiger partial charge on any atom is 0.250 e. The van der Waals surface area contributed by atoms with E-state index in [-0.39, 0.29) is 5.56 Å². The smallest absolute Gasteiger partial charge is 0.250 e. The van der Waals surface area contributed by atoms with Crippen molar-refractivity contribution in [3.63, 3.8) is 0 Å². The molecule has 0 unspecified atom stereocenters. The normalized spacial score (nSPS) is 15.3. The summed E-state index contributed by atoms with van der Waals surface area (Å²) in [5.74, 6) is 0.602. The van der Waals surface area contributed by atoms with Crippen molar-refractivity contribution in [1.29, 1.82) is 0 Å². The molecule has 4 rings (SSSR count). The third-order valence-electron chi connectivity index (χ3n) is 5.19. The molecule has 1 fully saturated rings. The first-order chi connectivity index (χ1) is 13.2. The standard InChI is InChI=1S/C20H23N5O2/c1-23-16(4-3-5-19(23)26)13-24-8-10-25(11-9-24)15-6-7-18-17(12-15)20(27-2)22-14-21-18/h3-7,12,14H,8-11,13H2,1-2H3. The molecule has 0 spiro atoms. The minimum absolute atomic E-state index is 0.0402. The van der Waals surface area contributed by atoms with Crippen LogP contribution in [0.5, 0.6) is 5.88 Å². The summed E-state index contributed by atoms with van der Waals surface area (Å²) < 4.78 is 7.09. The molecule has 0 aliphatic carbocycles. The van der Waals surface area contributed by atoms with Crippen LogP contribution in [0.3, 0.4) is 0 Å². The number of rotatable bonds is 4. The van der Waals surface area contributed by atoms with E-state index in [1.807, 2.05) is 25.2 Å². The van der Waals surface area contributed by atoms with Gasteiger partial charge in [0.15, 0.2) is 0 Å². The van der Waals surface area contributed by atoms with E-state index in [1.165, 1.54) is 6.33 Å². The molecule has 0 bridgehead atoms. The van der Waals surface area contributed by atoms with Crippen molar-refractivity contribution >= 4 is 16.6 Å². The Hall–Kier alpha value is -2.93. The molecule has 2 aromatic heterocycles. The topological polar surface area (TPSA) is 63.5 Å². The lowest BCUT2D eigenvalue weighted by atomic mass is 10.2. The summed E-state index contributed by atoms with van der Waals surface area (Å²) in [5.41, 5.74) is 3.12. The van der Waals surface area contributed by atoms with Gasteiger partial charge in [0.25, 0.3) is 0 Å². The number of methoxy groups -OCH3 is 1. The van der Waals surface area contributed by atoms with Crippen LogP contribution in [-0.4, -0.2) is 52.7 Å². The van der Waals surface area contributed by atoms with Gasteiger partial charge in [-0.25, -0.2) is 9.97 Å². The van der Waals surface area contributed by atoms with Crippen LogP contribution in [0.25, 0.3) is 10.9 Å². The van der Waals surface area contributed by atoms with Crippen molar-refractivity contribution in [2.75, 3.05) is 38.2 Å². The number of anilines is 1. The van der Waals surface area contributed by atoms with E-state index in [2.05, 4.69) is 31.9 Å². The number of hydrogen-bond donors (Lipinski definition) is 0. The number of pyridine rings is 1. The Labute approximate surface area is 157 Å². The molecule has 7 nitrogen and oxygen atoms in total. The van der Waals surface area contributed by atoms with Gasteiger partial charge in [-0.15, -0.1) is 0 Å². The Kier molecular flexibility index (Phi) is 4.77. The highest BCUT2D eigenvalue weighted by molar-refractivity contribution is 5.86. The molecule has 3 aromatic rings. The highest BCUT2D eigenvalue weighted by Gasteiger charge is 2.19. The van der Waals surface area contributed by atoms with Crippen LogP contribution in [0.4, 0.5) is 5.69 Å². The molecule has 0 amide bonds. The quantitative estimate of drug-likeness (QED) is 0.701. The molecular weight excluding hydrogens is 342 g/mol. The van der Waals surface area contributed by atoms with Crippen LogP contribution >= 0.6 is 0 Å². The second-order valence-electron chi connectivity index (χ2n) is 6.76. The lowest BCUT2D eigenvalue weighted by Gasteiger charge is -2.36. The lowest BCUT2D eigenvalue weighted by Crippen LogP contribution is -2.46. The minimum atomic E-state index is 0.0402. The number of ether oxygens (including phenoxy) is 1. The summed E-state index contributed by atoms with van der Waals surface area (Å²) in [6, 6.07) is 11.7. The molecule has 0 radical (unpaired) electrons. The van der Waals surface area contributed by atoms with Gasteiger partial charge in [-0.3, -0.25) is 9.69 Å². The molecule has 7 heteroatoms. The van der Waals surface area contributed by atoms with Crippen LogP contribution < -0.4 is 15.2 Å². The Balaban J connectivity index is 1.47. The first-order valence-corrected chi connectivity index (χ1v) is 9.06. The zero-order valence-electron chi connectivity index (χ0n) is 15.6. The van der Waals surface area contributed by atoms with Gasteiger partial charge in [0.1, 0.15) is 6.33 Å². The summed E-state index contributed by atoms with van der Waals surface area (Å²) in [6.07, 6.45) is 1.52. The fourth-order valence-electron chi connectivity index (χ4n) is 3.54. The molecular formula is C20H23N5O2. The summed E-state index contributed by atoms with van der Waals surface area (Å²) in [6.45, 7) is 4.55. The van der Waals surface area contributed by atoms with Gasteiger partial charge in [0, 0.05) is 57.2 Å². The molecule has 27 heavy (non-hydrogen) atoms. The fourth-order valence-corrected chi connectivity index (χ4v) is 3.54. The van der Waals surface area contributed by atoms with Crippen LogP contribution in [0.1, 0.15) is 5.69 Å². The van der Waals surface area contributed by atoms with Crippen molar-refractivity contribution in [3.05, 3.63) is 58.8 Å². The van der Waals surface area contributed by atoms with Crippen molar-refractivity contribution < 1.29 is 4.74 Å². The minimum Gasteiger partial charge on any atom is -0.480 e. The third-order valence-corrected chi connectivity index (χ3v) is 5.19. The largest absolute Gasteiger partial charge is 0.480 e. The summed E-state index contributed by atoms with van der Waals surface area (Å²) in [5, 5.41) is 0.930. The van der Waals surface area contributed by atoms with Gasteiger partial charge in [0.2, 0.25) is 11.4 Å². The molecule has 140 valence electrons. The zero-order valence-corrected chi connectivity index (χ0v) is 15.6. The molecule has 0 saturated carbocycles. The number of nitrogens with zero attached hydrogens (tertiary/aromatic N) is 5. The maximum absolute atomic E-state index is 11.8. The van der Waals surface area contributed by atoms with Gasteiger partial charge in [-0.2, -0.15) is 0 Å². The number of benzene rings is 1. The third kappa shape index (κ3) is 3.50. The predicted octanol–water partition coefficient (Wildman–Crippen LogP) is 1.66. The average molecular weight is 365 g/mol. The van der Waals surface area contributed by atoms with E-state index in [9.17, 15) is 4.79 Å². The van der Waals surface area contributed by atoms with E-state index >= 15 is 0 Å². The molecule has 0 N–H and O–H groups in total. The Morgan fingerprint density at radius 1 is 1.07 bits per heavy atom. The van der Waals surface area contributed by atoms with E-state index in [4.69, 9.17) is 4.74 Å². The molecule has 1 aliphatic heterocycles. The molecule has 1 aromatic carbocycles. The van der Waals surface area contributed by atoms with Crippen LogP contribution in [0.15, 0.2) is 47.5 Å². The van der Waals surface area contributed by atoms with Crippen LogP contribution in [0, 0.1) is 0 Å². The lowest BCUT2D eigenvalue weighted by molar-refractivity contribution is 0.244. The molecule has 1 aliphatic rings. The number of piperazine rings is 1. The molecule has 3 heterocycles. The summed E-state index contributed by atoms with van der Waals surface area (Å²) >= 11 is 0. The average Bonchev–Trinajstić information content (AvgIpc) is 2.71. The Bertz CT molecular complexity index is 1010. The number of hydrogen-bond acceptors (Lipinski definition) is 6. The highest BCUT2D eigenvalue weighted by Crippen LogP contribution is 2.27. The van der Waals surface area contributed by atoms with E-state index in [0.29, 0.717) is 5.88 Å². The summed E-state index contributed by atoms with van der Waals surface area (Å²) in [7, 11) is 3.46. The Morgan fingerprint density at radius 3 is 2.67 bits per heavy atom. The van der Waals surface area contributed by atoms with Crippen molar-refractivity contribution in [2.24, 2.45) is 7.05 Å². The predicted molar refractivity (Wildman–Crippen MR) is 105 cm³/mol. The highest BCUT2D eigenvalue weighted by atomic mass is 16.5. The van der Waals surface area contributed by atoms with Gasteiger partial charge < -0.3 is 14.2 Å². The second-order valence-corrected chi connectivity index (χ2v) is 6.76. The Morgan fingerprint density at radius 2 is 1.89 bits per heavy atom. The van der Waals surface area contributed by atoms with E-state index < -0.39 is 0 Å².